The van der Waals surface area contributed by atoms with Crippen molar-refractivity contribution in [3.63, 3.8) is 0 Å². The third-order valence-corrected chi connectivity index (χ3v) is 5.77. The number of carbonyl (C=O) groups excluding carboxylic acids is 2. The zero-order valence-corrected chi connectivity index (χ0v) is 18.1. The first-order valence-electron chi connectivity index (χ1n) is 10.7. The molecule has 0 saturated heterocycles. The van der Waals surface area contributed by atoms with Gasteiger partial charge in [0.2, 0.25) is 5.91 Å². The molecule has 5 heteroatoms. The number of amides is 2. The van der Waals surface area contributed by atoms with Crippen LogP contribution in [0, 0.1) is 5.92 Å². The van der Waals surface area contributed by atoms with Crippen molar-refractivity contribution < 1.29 is 9.59 Å². The highest BCUT2D eigenvalue weighted by Gasteiger charge is 2.39. The molecule has 1 aromatic heterocycles. The molecule has 0 fully saturated rings. The SMILES string of the molecule is CC(C)C(=O)N(c1ccccc1)[C@H]1C[C@@H](C)N(C(=O)c2cccnc2)c2ccccc21. The van der Waals surface area contributed by atoms with Crippen molar-refractivity contribution in [3.05, 3.63) is 90.3 Å². The number of hydrogen-bond acceptors (Lipinski definition) is 3. The van der Waals surface area contributed by atoms with Crippen LogP contribution in [0.5, 0.6) is 0 Å². The van der Waals surface area contributed by atoms with Crippen molar-refractivity contribution in [1.82, 2.24) is 4.98 Å². The molecule has 0 bridgehead atoms. The number of rotatable bonds is 4. The number of fused-ring (bicyclic) bond motifs is 1. The van der Waals surface area contributed by atoms with Gasteiger partial charge in [-0.3, -0.25) is 14.6 Å². The van der Waals surface area contributed by atoms with Crippen LogP contribution in [-0.2, 0) is 4.79 Å². The molecule has 5 nitrogen and oxygen atoms in total. The molecule has 0 saturated carbocycles. The van der Waals surface area contributed by atoms with E-state index in [2.05, 4.69) is 4.98 Å². The van der Waals surface area contributed by atoms with Crippen molar-refractivity contribution in [2.45, 2.75) is 39.3 Å². The highest BCUT2D eigenvalue weighted by atomic mass is 16.2. The minimum atomic E-state index is -0.151. The lowest BCUT2D eigenvalue weighted by molar-refractivity contribution is -0.122. The van der Waals surface area contributed by atoms with E-state index < -0.39 is 0 Å². The normalized spacial score (nSPS) is 17.9. The first-order valence-corrected chi connectivity index (χ1v) is 10.7. The van der Waals surface area contributed by atoms with Crippen LogP contribution in [0.25, 0.3) is 0 Å². The molecule has 0 unspecified atom stereocenters. The van der Waals surface area contributed by atoms with Crippen molar-refractivity contribution in [1.29, 1.82) is 0 Å². The summed E-state index contributed by atoms with van der Waals surface area (Å²) in [5, 5.41) is 0. The van der Waals surface area contributed by atoms with Gasteiger partial charge in [0.05, 0.1) is 11.6 Å². The van der Waals surface area contributed by atoms with Crippen LogP contribution in [-0.4, -0.2) is 22.8 Å². The summed E-state index contributed by atoms with van der Waals surface area (Å²) in [6, 6.07) is 21.0. The first-order chi connectivity index (χ1) is 15.0. The summed E-state index contributed by atoms with van der Waals surface area (Å²) in [4.78, 5) is 34.6. The fourth-order valence-corrected chi connectivity index (χ4v) is 4.29. The molecule has 1 aliphatic heterocycles. The molecular weight excluding hydrogens is 386 g/mol. The van der Waals surface area contributed by atoms with Crippen LogP contribution in [0.3, 0.4) is 0 Å². The average molecular weight is 414 g/mol. The minimum Gasteiger partial charge on any atom is -0.305 e. The number of para-hydroxylation sites is 2. The second kappa shape index (κ2) is 8.72. The van der Waals surface area contributed by atoms with Crippen LogP contribution in [0.2, 0.25) is 0 Å². The Morgan fingerprint density at radius 3 is 2.39 bits per heavy atom. The molecule has 158 valence electrons. The summed E-state index contributed by atoms with van der Waals surface area (Å²) >= 11 is 0. The molecule has 2 heterocycles. The van der Waals surface area contributed by atoms with Crippen molar-refractivity contribution in [3.8, 4) is 0 Å². The quantitative estimate of drug-likeness (QED) is 0.587. The van der Waals surface area contributed by atoms with Crippen molar-refractivity contribution in [2.75, 3.05) is 9.80 Å². The molecule has 0 N–H and O–H groups in total. The molecule has 3 aromatic rings. The van der Waals surface area contributed by atoms with E-state index in [4.69, 9.17) is 0 Å². The Hall–Kier alpha value is -3.47. The number of nitrogens with zero attached hydrogens (tertiary/aromatic N) is 3. The number of hydrogen-bond donors (Lipinski definition) is 0. The van der Waals surface area contributed by atoms with E-state index in [1.807, 2.05) is 85.2 Å². The second-order valence-corrected chi connectivity index (χ2v) is 8.27. The van der Waals surface area contributed by atoms with E-state index in [1.54, 1.807) is 24.5 Å². The summed E-state index contributed by atoms with van der Waals surface area (Å²) in [6.45, 7) is 5.89. The van der Waals surface area contributed by atoms with Gasteiger partial charge in [-0.25, -0.2) is 0 Å². The van der Waals surface area contributed by atoms with Crippen LogP contribution in [0.15, 0.2) is 79.1 Å². The lowest BCUT2D eigenvalue weighted by atomic mass is 9.89. The fourth-order valence-electron chi connectivity index (χ4n) is 4.29. The maximum atomic E-state index is 13.4. The Kier molecular flexibility index (Phi) is 5.85. The van der Waals surface area contributed by atoms with Crippen molar-refractivity contribution in [2.24, 2.45) is 5.92 Å². The highest BCUT2D eigenvalue weighted by Crippen LogP contribution is 2.43. The Labute approximate surface area is 183 Å². The van der Waals surface area contributed by atoms with Crippen LogP contribution >= 0.6 is 0 Å². The lowest BCUT2D eigenvalue weighted by Crippen LogP contribution is -2.48. The molecule has 4 rings (SSSR count). The van der Waals surface area contributed by atoms with E-state index >= 15 is 0 Å². The Morgan fingerprint density at radius 1 is 1.00 bits per heavy atom. The van der Waals surface area contributed by atoms with Gasteiger partial charge in [-0.15, -0.1) is 0 Å². The van der Waals surface area contributed by atoms with Gasteiger partial charge in [0, 0.05) is 35.7 Å². The topological polar surface area (TPSA) is 53.5 Å². The molecule has 0 aliphatic carbocycles. The molecule has 0 spiro atoms. The summed E-state index contributed by atoms with van der Waals surface area (Å²) in [5.74, 6) is -0.143. The van der Waals surface area contributed by atoms with E-state index in [0.717, 1.165) is 16.9 Å². The standard InChI is InChI=1S/C26H27N3O2/c1-18(2)25(30)29(21-11-5-4-6-12-21)24-16-19(3)28(23-14-8-7-13-22(23)24)26(31)20-10-9-15-27-17-20/h4-15,17-19,24H,16H2,1-3H3/t19-,24+/m1/s1. The smallest absolute Gasteiger partial charge is 0.260 e. The summed E-state index contributed by atoms with van der Waals surface area (Å²) < 4.78 is 0. The summed E-state index contributed by atoms with van der Waals surface area (Å²) in [7, 11) is 0. The maximum Gasteiger partial charge on any atom is 0.260 e. The maximum absolute atomic E-state index is 13.4. The molecule has 2 aromatic carbocycles. The first kappa shape index (κ1) is 20.8. The molecule has 1 aliphatic rings. The molecule has 2 amide bonds. The van der Waals surface area contributed by atoms with Crippen molar-refractivity contribution >= 4 is 23.2 Å². The Bertz CT molecular complexity index is 1070. The predicted octanol–water partition coefficient (Wildman–Crippen LogP) is 5.25. The number of carbonyl (C=O) groups is 2. The van der Waals surface area contributed by atoms with Gasteiger partial charge in [-0.2, -0.15) is 0 Å². The number of benzene rings is 2. The van der Waals surface area contributed by atoms with Crippen LogP contribution in [0.1, 0.15) is 49.2 Å². The molecule has 31 heavy (non-hydrogen) atoms. The van der Waals surface area contributed by atoms with Gasteiger partial charge in [-0.05, 0) is 49.2 Å². The summed E-state index contributed by atoms with van der Waals surface area (Å²) in [6.07, 6.45) is 3.91. The van der Waals surface area contributed by atoms with E-state index in [-0.39, 0.29) is 29.8 Å². The van der Waals surface area contributed by atoms with E-state index in [9.17, 15) is 9.59 Å². The Balaban J connectivity index is 1.81. The Morgan fingerprint density at radius 2 is 1.71 bits per heavy atom. The van der Waals surface area contributed by atoms with Gasteiger partial charge in [0.1, 0.15) is 0 Å². The average Bonchev–Trinajstić information content (AvgIpc) is 2.80. The third-order valence-electron chi connectivity index (χ3n) is 5.77. The van der Waals surface area contributed by atoms with E-state index in [0.29, 0.717) is 12.0 Å². The number of pyridine rings is 1. The van der Waals surface area contributed by atoms with Crippen LogP contribution < -0.4 is 9.80 Å². The fraction of sp³-hybridized carbons (Fsp3) is 0.269. The lowest BCUT2D eigenvalue weighted by Gasteiger charge is -2.44. The number of anilines is 2. The van der Waals surface area contributed by atoms with Gasteiger partial charge in [0.15, 0.2) is 0 Å². The van der Waals surface area contributed by atoms with E-state index in [1.165, 1.54) is 0 Å². The zero-order valence-electron chi connectivity index (χ0n) is 18.1. The van der Waals surface area contributed by atoms with Gasteiger partial charge in [0.25, 0.3) is 5.91 Å². The zero-order chi connectivity index (χ0) is 22.0. The summed E-state index contributed by atoms with van der Waals surface area (Å²) in [5.41, 5.74) is 3.26. The molecular formula is C26H27N3O2. The van der Waals surface area contributed by atoms with Gasteiger partial charge < -0.3 is 9.80 Å². The molecule has 0 radical (unpaired) electrons. The minimum absolute atomic E-state index is 0.0743. The van der Waals surface area contributed by atoms with Gasteiger partial charge in [-0.1, -0.05) is 50.2 Å². The molecule has 2 atom stereocenters. The second-order valence-electron chi connectivity index (χ2n) is 8.27. The largest absolute Gasteiger partial charge is 0.305 e. The highest BCUT2D eigenvalue weighted by molar-refractivity contribution is 6.07. The number of aromatic nitrogens is 1. The van der Waals surface area contributed by atoms with Gasteiger partial charge >= 0.3 is 0 Å². The van der Waals surface area contributed by atoms with Crippen LogP contribution in [0.4, 0.5) is 11.4 Å². The third kappa shape index (κ3) is 3.96. The monoisotopic (exact) mass is 413 g/mol. The predicted molar refractivity (Wildman–Crippen MR) is 123 cm³/mol.